The van der Waals surface area contributed by atoms with Crippen LogP contribution < -0.4 is 0 Å². The molecule has 0 spiro atoms. The fourth-order valence-corrected chi connectivity index (χ4v) is 4.73. The number of sulfone groups is 1. The normalized spacial score (nSPS) is 40.8. The van der Waals surface area contributed by atoms with Crippen molar-refractivity contribution >= 4 is 15.8 Å². The molecular weight excluding hydrogens is 258 g/mol. The number of aliphatic carboxylic acids is 1. The zero-order chi connectivity index (χ0) is 13.6. The van der Waals surface area contributed by atoms with E-state index in [2.05, 4.69) is 0 Å². The van der Waals surface area contributed by atoms with E-state index < -0.39 is 33.4 Å². The van der Waals surface area contributed by atoms with E-state index in [1.807, 2.05) is 4.90 Å². The Labute approximate surface area is 107 Å². The third-order valence-electron chi connectivity index (χ3n) is 4.00. The average molecular weight is 277 g/mol. The molecule has 0 aliphatic carbocycles. The molecule has 2 heterocycles. The van der Waals surface area contributed by atoms with Gasteiger partial charge in [0.2, 0.25) is 0 Å². The zero-order valence-electron chi connectivity index (χ0n) is 10.4. The van der Waals surface area contributed by atoms with Crippen LogP contribution in [0.25, 0.3) is 0 Å². The van der Waals surface area contributed by atoms with Crippen LogP contribution in [-0.4, -0.2) is 66.2 Å². The topological polar surface area (TPSA) is 94.9 Å². The van der Waals surface area contributed by atoms with E-state index >= 15 is 0 Å². The summed E-state index contributed by atoms with van der Waals surface area (Å²) in [4.78, 5) is 13.1. The molecule has 0 aromatic carbocycles. The van der Waals surface area contributed by atoms with Crippen LogP contribution in [0, 0.1) is 5.41 Å². The number of carboxylic acids is 1. The van der Waals surface area contributed by atoms with Gasteiger partial charge in [-0.1, -0.05) is 0 Å². The van der Waals surface area contributed by atoms with Gasteiger partial charge in [0.25, 0.3) is 0 Å². The molecule has 0 aromatic rings. The van der Waals surface area contributed by atoms with Crippen LogP contribution in [0.4, 0.5) is 0 Å². The van der Waals surface area contributed by atoms with Crippen molar-refractivity contribution < 1.29 is 23.4 Å². The minimum absolute atomic E-state index is 0.0656. The molecule has 0 amide bonds. The number of rotatable bonds is 2. The number of hydrogen-bond acceptors (Lipinski definition) is 5. The van der Waals surface area contributed by atoms with E-state index in [0.717, 1.165) is 0 Å². The van der Waals surface area contributed by atoms with Crippen molar-refractivity contribution in [3.63, 3.8) is 0 Å². The minimum Gasteiger partial charge on any atom is -0.481 e. The van der Waals surface area contributed by atoms with Crippen molar-refractivity contribution in [1.82, 2.24) is 4.90 Å². The van der Waals surface area contributed by atoms with Crippen LogP contribution in [0.15, 0.2) is 0 Å². The summed E-state index contributed by atoms with van der Waals surface area (Å²) >= 11 is 0. The molecule has 2 aliphatic heterocycles. The van der Waals surface area contributed by atoms with Crippen molar-refractivity contribution in [2.75, 3.05) is 24.6 Å². The monoisotopic (exact) mass is 277 g/mol. The third kappa shape index (κ3) is 2.53. The molecule has 2 saturated heterocycles. The molecule has 2 aliphatic rings. The molecule has 7 heteroatoms. The molecule has 2 fully saturated rings. The molecule has 0 bridgehead atoms. The summed E-state index contributed by atoms with van der Waals surface area (Å²) in [6.45, 7) is 2.64. The average Bonchev–Trinajstić information content (AvgIpc) is 2.52. The van der Waals surface area contributed by atoms with Gasteiger partial charge >= 0.3 is 5.97 Å². The second-order valence-electron chi connectivity index (χ2n) is 5.65. The summed E-state index contributed by atoms with van der Waals surface area (Å²) in [6.07, 6.45) is 0.409. The Kier molecular flexibility index (Phi) is 3.42. The lowest BCUT2D eigenvalue weighted by molar-refractivity contribution is -0.152. The van der Waals surface area contributed by atoms with E-state index in [0.29, 0.717) is 25.9 Å². The SMILES string of the molecule is CC1(C(=O)O)CCCN(C2CS(=O)(=O)CC2O)C1. The number of piperidine rings is 1. The van der Waals surface area contributed by atoms with Gasteiger partial charge < -0.3 is 10.2 Å². The van der Waals surface area contributed by atoms with Crippen molar-refractivity contribution in [2.24, 2.45) is 5.41 Å². The second kappa shape index (κ2) is 4.47. The quantitative estimate of drug-likeness (QED) is 0.695. The Morgan fingerprint density at radius 1 is 1.39 bits per heavy atom. The van der Waals surface area contributed by atoms with Gasteiger partial charge in [-0.05, 0) is 26.3 Å². The van der Waals surface area contributed by atoms with Crippen LogP contribution in [-0.2, 0) is 14.6 Å². The highest BCUT2D eigenvalue weighted by Gasteiger charge is 2.45. The van der Waals surface area contributed by atoms with Gasteiger partial charge in [0.15, 0.2) is 9.84 Å². The maximum absolute atomic E-state index is 11.5. The number of carboxylic acid groups (broad SMARTS) is 1. The van der Waals surface area contributed by atoms with Crippen molar-refractivity contribution in [3.05, 3.63) is 0 Å². The second-order valence-corrected chi connectivity index (χ2v) is 7.81. The largest absolute Gasteiger partial charge is 0.481 e. The van der Waals surface area contributed by atoms with E-state index in [1.165, 1.54) is 0 Å². The number of aliphatic hydroxyl groups is 1. The van der Waals surface area contributed by atoms with E-state index in [-0.39, 0.29) is 11.5 Å². The molecule has 0 radical (unpaired) electrons. The number of likely N-dealkylation sites (tertiary alicyclic amines) is 1. The predicted molar refractivity (Wildman–Crippen MR) is 65.0 cm³/mol. The van der Waals surface area contributed by atoms with Crippen molar-refractivity contribution in [2.45, 2.75) is 31.9 Å². The highest BCUT2D eigenvalue weighted by molar-refractivity contribution is 7.91. The van der Waals surface area contributed by atoms with Crippen LogP contribution in [0.5, 0.6) is 0 Å². The molecular formula is C11H19NO5S. The Morgan fingerprint density at radius 2 is 2.06 bits per heavy atom. The number of hydrogen-bond donors (Lipinski definition) is 2. The first-order valence-electron chi connectivity index (χ1n) is 6.09. The summed E-state index contributed by atoms with van der Waals surface area (Å²) < 4.78 is 23.0. The predicted octanol–water partition coefficient (Wildman–Crippen LogP) is -0.669. The molecule has 3 atom stereocenters. The maximum Gasteiger partial charge on any atom is 0.310 e. The van der Waals surface area contributed by atoms with Crippen molar-refractivity contribution in [3.8, 4) is 0 Å². The molecule has 104 valence electrons. The van der Waals surface area contributed by atoms with Gasteiger partial charge in [-0.3, -0.25) is 9.69 Å². The zero-order valence-corrected chi connectivity index (χ0v) is 11.2. The van der Waals surface area contributed by atoms with Gasteiger partial charge in [0, 0.05) is 6.54 Å². The van der Waals surface area contributed by atoms with Crippen LogP contribution >= 0.6 is 0 Å². The summed E-state index contributed by atoms with van der Waals surface area (Å²) in [5, 5.41) is 19.0. The molecule has 0 saturated carbocycles. The van der Waals surface area contributed by atoms with E-state index in [1.54, 1.807) is 6.92 Å². The van der Waals surface area contributed by atoms with Crippen LogP contribution in [0.1, 0.15) is 19.8 Å². The lowest BCUT2D eigenvalue weighted by Gasteiger charge is -2.41. The van der Waals surface area contributed by atoms with Crippen LogP contribution in [0.3, 0.4) is 0 Å². The Hall–Kier alpha value is -0.660. The maximum atomic E-state index is 11.5. The Balaban J connectivity index is 2.13. The van der Waals surface area contributed by atoms with Crippen molar-refractivity contribution in [1.29, 1.82) is 0 Å². The number of carbonyl (C=O) groups is 1. The smallest absolute Gasteiger partial charge is 0.310 e. The summed E-state index contributed by atoms with van der Waals surface area (Å²) in [6, 6.07) is -0.450. The fraction of sp³-hybridized carbons (Fsp3) is 0.909. The van der Waals surface area contributed by atoms with Gasteiger partial charge in [-0.15, -0.1) is 0 Å². The van der Waals surface area contributed by atoms with Gasteiger partial charge in [0.05, 0.1) is 29.1 Å². The molecule has 6 nitrogen and oxygen atoms in total. The molecule has 0 aromatic heterocycles. The fourth-order valence-electron chi connectivity index (χ4n) is 2.90. The number of nitrogens with zero attached hydrogens (tertiary/aromatic N) is 1. The van der Waals surface area contributed by atoms with E-state index in [4.69, 9.17) is 0 Å². The molecule has 2 rings (SSSR count). The molecule has 2 N–H and O–H groups in total. The first kappa shape index (κ1) is 13.8. The van der Waals surface area contributed by atoms with Gasteiger partial charge in [0.1, 0.15) is 0 Å². The van der Waals surface area contributed by atoms with Gasteiger partial charge in [-0.2, -0.15) is 0 Å². The summed E-state index contributed by atoms with van der Waals surface area (Å²) in [5.41, 5.74) is -0.843. The molecule has 3 unspecified atom stereocenters. The minimum atomic E-state index is -3.19. The summed E-state index contributed by atoms with van der Waals surface area (Å²) in [5.74, 6) is -1.13. The highest BCUT2D eigenvalue weighted by Crippen LogP contribution is 2.32. The number of aliphatic hydroxyl groups excluding tert-OH is 1. The Bertz CT molecular complexity index is 448. The first-order chi connectivity index (χ1) is 8.23. The summed E-state index contributed by atoms with van der Waals surface area (Å²) in [7, 11) is -3.19. The highest BCUT2D eigenvalue weighted by atomic mass is 32.2. The Morgan fingerprint density at radius 3 is 2.56 bits per heavy atom. The lowest BCUT2D eigenvalue weighted by Crippen LogP contribution is -2.53. The lowest BCUT2D eigenvalue weighted by atomic mass is 9.81. The first-order valence-corrected chi connectivity index (χ1v) is 7.92. The standard InChI is InChI=1S/C11H19NO5S/c1-11(10(14)15)3-2-4-12(7-11)8-5-18(16,17)6-9(8)13/h8-9,13H,2-7H2,1H3,(H,14,15). The van der Waals surface area contributed by atoms with Gasteiger partial charge in [-0.25, -0.2) is 8.42 Å². The van der Waals surface area contributed by atoms with E-state index in [9.17, 15) is 23.4 Å². The molecule has 18 heavy (non-hydrogen) atoms. The van der Waals surface area contributed by atoms with Crippen LogP contribution in [0.2, 0.25) is 0 Å². The third-order valence-corrected chi connectivity index (χ3v) is 5.70.